The summed E-state index contributed by atoms with van der Waals surface area (Å²) in [5, 5.41) is 8.82. The number of aliphatic hydroxyl groups excluding tert-OH is 1. The molecule has 118 valence electrons. The Morgan fingerprint density at radius 3 is 2.48 bits per heavy atom. The molecule has 0 aliphatic carbocycles. The maximum atomic E-state index is 11.8. The second-order valence-electron chi connectivity index (χ2n) is 4.02. The predicted molar refractivity (Wildman–Crippen MR) is 76.8 cm³/mol. The standard InChI is InChI=1S/C14H21NO6/c1-3-19-14(17)10-8-12(21-7-6-18-2)13(9-11(10)15)20-5-4-16/h8-9,16H,3-7,15H2,1-2H3. The third kappa shape index (κ3) is 5.13. The molecular weight excluding hydrogens is 278 g/mol. The Hall–Kier alpha value is -1.99. The van der Waals surface area contributed by atoms with Gasteiger partial charge in [-0.05, 0) is 6.92 Å². The number of nitrogen functional groups attached to an aromatic ring is 1. The van der Waals surface area contributed by atoms with Crippen molar-refractivity contribution in [2.24, 2.45) is 0 Å². The van der Waals surface area contributed by atoms with Gasteiger partial charge in [-0.25, -0.2) is 4.79 Å². The zero-order valence-electron chi connectivity index (χ0n) is 12.3. The number of hydrogen-bond donors (Lipinski definition) is 2. The monoisotopic (exact) mass is 299 g/mol. The first-order valence-corrected chi connectivity index (χ1v) is 6.60. The van der Waals surface area contributed by atoms with Crippen LogP contribution < -0.4 is 15.2 Å². The summed E-state index contributed by atoms with van der Waals surface area (Å²) in [7, 11) is 1.56. The fraction of sp³-hybridized carbons (Fsp3) is 0.500. The molecule has 0 bridgehead atoms. The van der Waals surface area contributed by atoms with E-state index in [-0.39, 0.29) is 37.7 Å². The summed E-state index contributed by atoms with van der Waals surface area (Å²) in [5.74, 6) is 0.170. The van der Waals surface area contributed by atoms with E-state index in [0.29, 0.717) is 18.1 Å². The number of hydrogen-bond acceptors (Lipinski definition) is 7. The van der Waals surface area contributed by atoms with Crippen LogP contribution in [0.15, 0.2) is 12.1 Å². The maximum Gasteiger partial charge on any atom is 0.340 e. The van der Waals surface area contributed by atoms with Gasteiger partial charge in [-0.1, -0.05) is 0 Å². The molecule has 0 radical (unpaired) electrons. The van der Waals surface area contributed by atoms with Gasteiger partial charge < -0.3 is 29.8 Å². The second-order valence-corrected chi connectivity index (χ2v) is 4.02. The molecule has 0 unspecified atom stereocenters. The van der Waals surface area contributed by atoms with Crippen molar-refractivity contribution in [3.8, 4) is 11.5 Å². The number of benzene rings is 1. The molecule has 0 heterocycles. The van der Waals surface area contributed by atoms with Gasteiger partial charge in [-0.2, -0.15) is 0 Å². The largest absolute Gasteiger partial charge is 0.487 e. The fourth-order valence-corrected chi connectivity index (χ4v) is 1.58. The Morgan fingerprint density at radius 1 is 1.19 bits per heavy atom. The molecule has 7 heteroatoms. The first-order valence-electron chi connectivity index (χ1n) is 6.60. The minimum atomic E-state index is -0.528. The quantitative estimate of drug-likeness (QED) is 0.396. The maximum absolute atomic E-state index is 11.8. The molecule has 0 aromatic heterocycles. The Kier molecular flexibility index (Phi) is 7.34. The minimum absolute atomic E-state index is 0.0961. The van der Waals surface area contributed by atoms with Crippen LogP contribution in [0.5, 0.6) is 11.5 Å². The van der Waals surface area contributed by atoms with Crippen molar-refractivity contribution in [2.75, 3.05) is 45.9 Å². The topological polar surface area (TPSA) is 100 Å². The van der Waals surface area contributed by atoms with Crippen LogP contribution in [0.4, 0.5) is 5.69 Å². The number of ether oxygens (including phenoxy) is 4. The van der Waals surface area contributed by atoms with Crippen LogP contribution >= 0.6 is 0 Å². The summed E-state index contributed by atoms with van der Waals surface area (Å²) < 4.78 is 20.7. The lowest BCUT2D eigenvalue weighted by Crippen LogP contribution is -2.12. The molecule has 0 atom stereocenters. The lowest BCUT2D eigenvalue weighted by Gasteiger charge is -2.15. The predicted octanol–water partition coefficient (Wildman–Crippen LogP) is 0.842. The van der Waals surface area contributed by atoms with Crippen LogP contribution in [0.2, 0.25) is 0 Å². The molecule has 0 amide bonds. The van der Waals surface area contributed by atoms with Gasteiger partial charge in [0.2, 0.25) is 0 Å². The van der Waals surface area contributed by atoms with Gasteiger partial charge in [-0.3, -0.25) is 0 Å². The van der Waals surface area contributed by atoms with Gasteiger partial charge in [0, 0.05) is 19.2 Å². The molecule has 1 rings (SSSR count). The number of aliphatic hydroxyl groups is 1. The van der Waals surface area contributed by atoms with E-state index >= 15 is 0 Å². The number of nitrogens with two attached hydrogens (primary N) is 1. The van der Waals surface area contributed by atoms with Gasteiger partial charge in [-0.15, -0.1) is 0 Å². The van der Waals surface area contributed by atoms with Crippen molar-refractivity contribution in [2.45, 2.75) is 6.92 Å². The van der Waals surface area contributed by atoms with Crippen LogP contribution in [0.3, 0.4) is 0 Å². The lowest BCUT2D eigenvalue weighted by molar-refractivity contribution is 0.0527. The van der Waals surface area contributed by atoms with E-state index in [2.05, 4.69) is 0 Å². The average molecular weight is 299 g/mol. The summed E-state index contributed by atoms with van der Waals surface area (Å²) in [5.41, 5.74) is 6.26. The fourth-order valence-electron chi connectivity index (χ4n) is 1.58. The van der Waals surface area contributed by atoms with E-state index in [1.807, 2.05) is 0 Å². The van der Waals surface area contributed by atoms with Gasteiger partial charge in [0.1, 0.15) is 13.2 Å². The van der Waals surface area contributed by atoms with Crippen molar-refractivity contribution in [1.29, 1.82) is 0 Å². The number of anilines is 1. The molecule has 3 N–H and O–H groups in total. The molecule has 0 saturated heterocycles. The summed E-state index contributed by atoms with van der Waals surface area (Å²) >= 11 is 0. The summed E-state index contributed by atoms with van der Waals surface area (Å²) in [6.45, 7) is 2.59. The number of esters is 1. The second kappa shape index (κ2) is 9.04. The molecule has 0 aliphatic heterocycles. The molecular formula is C14H21NO6. The SMILES string of the molecule is CCOC(=O)c1cc(OCCOC)c(OCCO)cc1N. The van der Waals surface area contributed by atoms with Crippen molar-refractivity contribution < 1.29 is 28.8 Å². The lowest BCUT2D eigenvalue weighted by atomic mass is 10.1. The van der Waals surface area contributed by atoms with Crippen molar-refractivity contribution in [3.05, 3.63) is 17.7 Å². The van der Waals surface area contributed by atoms with E-state index in [0.717, 1.165) is 0 Å². The highest BCUT2D eigenvalue weighted by molar-refractivity contribution is 5.96. The van der Waals surface area contributed by atoms with Crippen molar-refractivity contribution in [3.63, 3.8) is 0 Å². The van der Waals surface area contributed by atoms with Crippen molar-refractivity contribution >= 4 is 11.7 Å². The Bertz CT molecular complexity index is 463. The van der Waals surface area contributed by atoms with Crippen LogP contribution in [0, 0.1) is 0 Å². The van der Waals surface area contributed by atoms with Gasteiger partial charge in [0.05, 0.1) is 31.1 Å². The van der Waals surface area contributed by atoms with Crippen molar-refractivity contribution in [1.82, 2.24) is 0 Å². The van der Waals surface area contributed by atoms with Crippen LogP contribution in [-0.2, 0) is 9.47 Å². The summed E-state index contributed by atoms with van der Waals surface area (Å²) in [6.07, 6.45) is 0. The third-order valence-corrected chi connectivity index (χ3v) is 2.51. The zero-order valence-corrected chi connectivity index (χ0v) is 12.3. The summed E-state index contributed by atoms with van der Waals surface area (Å²) in [6, 6.07) is 2.94. The zero-order chi connectivity index (χ0) is 15.7. The van der Waals surface area contributed by atoms with Gasteiger partial charge in [0.25, 0.3) is 0 Å². The Labute approximate surface area is 123 Å². The van der Waals surface area contributed by atoms with E-state index in [1.165, 1.54) is 12.1 Å². The van der Waals surface area contributed by atoms with Gasteiger partial charge >= 0.3 is 5.97 Å². The molecule has 7 nitrogen and oxygen atoms in total. The Morgan fingerprint density at radius 2 is 1.86 bits per heavy atom. The van der Waals surface area contributed by atoms with Crippen LogP contribution in [0.1, 0.15) is 17.3 Å². The molecule has 0 fully saturated rings. The first kappa shape index (κ1) is 17.1. The smallest absolute Gasteiger partial charge is 0.340 e. The van der Waals surface area contributed by atoms with Crippen LogP contribution in [0.25, 0.3) is 0 Å². The molecule has 1 aromatic rings. The summed E-state index contributed by atoms with van der Waals surface area (Å²) in [4.78, 5) is 11.8. The van der Waals surface area contributed by atoms with E-state index in [1.54, 1.807) is 14.0 Å². The number of carbonyl (C=O) groups is 1. The normalized spacial score (nSPS) is 10.2. The molecule has 0 saturated carbocycles. The minimum Gasteiger partial charge on any atom is -0.487 e. The highest BCUT2D eigenvalue weighted by Crippen LogP contribution is 2.33. The first-order chi connectivity index (χ1) is 10.1. The van der Waals surface area contributed by atoms with E-state index in [9.17, 15) is 4.79 Å². The Balaban J connectivity index is 3.01. The van der Waals surface area contributed by atoms with E-state index in [4.69, 9.17) is 29.8 Å². The molecule has 0 spiro atoms. The van der Waals surface area contributed by atoms with Crippen LogP contribution in [-0.4, -0.2) is 51.2 Å². The molecule has 1 aromatic carbocycles. The number of carbonyl (C=O) groups excluding carboxylic acids is 1. The third-order valence-electron chi connectivity index (χ3n) is 2.51. The number of rotatable bonds is 9. The molecule has 21 heavy (non-hydrogen) atoms. The molecule has 0 aliphatic rings. The van der Waals surface area contributed by atoms with E-state index < -0.39 is 5.97 Å². The van der Waals surface area contributed by atoms with Gasteiger partial charge in [0.15, 0.2) is 11.5 Å². The average Bonchev–Trinajstić information content (AvgIpc) is 2.47. The number of methoxy groups -OCH3 is 1. The highest BCUT2D eigenvalue weighted by atomic mass is 16.5. The highest BCUT2D eigenvalue weighted by Gasteiger charge is 2.17.